The van der Waals surface area contributed by atoms with Gasteiger partial charge in [-0.2, -0.15) is 0 Å². The third kappa shape index (κ3) is 7.53. The molecule has 0 aliphatic rings. The Balaban J connectivity index is 1.68. The van der Waals surface area contributed by atoms with Crippen LogP contribution in [0.4, 0.5) is 5.69 Å². The maximum absolute atomic E-state index is 12.8. The lowest BCUT2D eigenvalue weighted by molar-refractivity contribution is -0.113. The van der Waals surface area contributed by atoms with Crippen molar-refractivity contribution in [1.82, 2.24) is 20.1 Å². The molecular formula is C27H31N5O4S. The first-order valence-corrected chi connectivity index (χ1v) is 12.9. The number of esters is 1. The van der Waals surface area contributed by atoms with Crippen molar-refractivity contribution in [3.05, 3.63) is 84.2 Å². The Hall–Kier alpha value is -3.92. The molecule has 2 aromatic carbocycles. The number of thioether (sulfide) groups is 1. The van der Waals surface area contributed by atoms with Gasteiger partial charge in [0.1, 0.15) is 0 Å². The Morgan fingerprint density at radius 2 is 1.76 bits per heavy atom. The lowest BCUT2D eigenvalue weighted by atomic mass is 10.0. The second kappa shape index (κ2) is 13.4. The van der Waals surface area contributed by atoms with E-state index in [1.807, 2.05) is 36.6 Å². The second-order valence-corrected chi connectivity index (χ2v) is 9.38. The molecule has 10 heteroatoms. The Morgan fingerprint density at radius 1 is 1.05 bits per heavy atom. The minimum absolute atomic E-state index is 0.0409. The van der Waals surface area contributed by atoms with Crippen molar-refractivity contribution in [2.45, 2.75) is 38.5 Å². The predicted molar refractivity (Wildman–Crippen MR) is 143 cm³/mol. The highest BCUT2D eigenvalue weighted by atomic mass is 32.2. The van der Waals surface area contributed by atoms with E-state index >= 15 is 0 Å². The lowest BCUT2D eigenvalue weighted by Gasteiger charge is -2.22. The average molecular weight is 522 g/mol. The zero-order chi connectivity index (χ0) is 26.8. The number of carbonyl (C=O) groups excluding carboxylic acids is 3. The molecule has 0 bridgehead atoms. The fourth-order valence-corrected chi connectivity index (χ4v) is 4.27. The molecule has 0 unspecified atom stereocenters. The molecule has 1 atom stereocenters. The molecule has 3 aromatic rings. The Labute approximate surface area is 220 Å². The largest absolute Gasteiger partial charge is 0.462 e. The summed E-state index contributed by atoms with van der Waals surface area (Å²) in [7, 11) is 0. The van der Waals surface area contributed by atoms with E-state index in [-0.39, 0.29) is 29.5 Å². The molecule has 9 nitrogen and oxygen atoms in total. The van der Waals surface area contributed by atoms with Crippen molar-refractivity contribution in [2.75, 3.05) is 17.7 Å². The number of amides is 2. The van der Waals surface area contributed by atoms with Crippen molar-refractivity contribution in [3.63, 3.8) is 0 Å². The van der Waals surface area contributed by atoms with Crippen LogP contribution in [0.2, 0.25) is 0 Å². The molecule has 1 aromatic heterocycles. The summed E-state index contributed by atoms with van der Waals surface area (Å²) in [6.45, 7) is 10.3. The van der Waals surface area contributed by atoms with Crippen LogP contribution in [0, 0.1) is 5.92 Å². The number of ether oxygens (including phenoxy) is 1. The topological polar surface area (TPSA) is 115 Å². The monoisotopic (exact) mass is 521 g/mol. The molecule has 0 aliphatic carbocycles. The molecule has 0 aliphatic heterocycles. The van der Waals surface area contributed by atoms with Crippen LogP contribution in [0.3, 0.4) is 0 Å². The van der Waals surface area contributed by atoms with Crippen LogP contribution >= 0.6 is 11.8 Å². The highest BCUT2D eigenvalue weighted by Crippen LogP contribution is 2.26. The number of hydrogen-bond donors (Lipinski definition) is 2. The van der Waals surface area contributed by atoms with Crippen LogP contribution in [0.25, 0.3) is 0 Å². The Bertz CT molecular complexity index is 1230. The van der Waals surface area contributed by atoms with E-state index in [2.05, 4.69) is 27.4 Å². The van der Waals surface area contributed by atoms with Crippen LogP contribution in [-0.2, 0) is 16.1 Å². The summed E-state index contributed by atoms with van der Waals surface area (Å²) in [4.78, 5) is 37.2. The Morgan fingerprint density at radius 3 is 2.38 bits per heavy atom. The maximum Gasteiger partial charge on any atom is 0.338 e. The minimum atomic E-state index is -0.409. The molecule has 3 rings (SSSR count). The number of hydrogen-bond acceptors (Lipinski definition) is 7. The number of nitrogens with one attached hydrogen (secondary N) is 2. The fraction of sp³-hybridized carbons (Fsp3) is 0.296. The second-order valence-electron chi connectivity index (χ2n) is 8.44. The van der Waals surface area contributed by atoms with E-state index in [0.717, 1.165) is 0 Å². The van der Waals surface area contributed by atoms with Gasteiger partial charge in [-0.3, -0.25) is 9.59 Å². The van der Waals surface area contributed by atoms with E-state index in [9.17, 15) is 14.4 Å². The van der Waals surface area contributed by atoms with Crippen LogP contribution in [0.5, 0.6) is 0 Å². The van der Waals surface area contributed by atoms with E-state index in [0.29, 0.717) is 40.9 Å². The van der Waals surface area contributed by atoms with Gasteiger partial charge < -0.3 is 19.9 Å². The maximum atomic E-state index is 12.8. The van der Waals surface area contributed by atoms with Gasteiger partial charge in [0.25, 0.3) is 5.91 Å². The van der Waals surface area contributed by atoms with Crippen molar-refractivity contribution in [2.24, 2.45) is 5.92 Å². The lowest BCUT2D eigenvalue weighted by Crippen LogP contribution is -2.33. The molecule has 2 N–H and O–H groups in total. The predicted octanol–water partition coefficient (Wildman–Crippen LogP) is 4.50. The summed E-state index contributed by atoms with van der Waals surface area (Å²) in [5.41, 5.74) is 1.54. The number of nitrogens with zero attached hydrogens (tertiary/aromatic N) is 3. The standard InChI is InChI=1S/C27H31N5O4S/c1-5-16-32-24(23(18(3)4)29-25(34)19-10-8-7-9-11-19)30-31-27(32)37-17-22(33)28-21-14-12-20(13-15-21)26(35)36-6-2/h5,7-15,18,23H,1,6,16-17H2,2-4H3,(H,28,33)(H,29,34)/t23-/m0/s1. The van der Waals surface area contributed by atoms with Gasteiger partial charge in [-0.1, -0.05) is 49.9 Å². The normalized spacial score (nSPS) is 11.6. The first-order chi connectivity index (χ1) is 17.8. The van der Waals surface area contributed by atoms with E-state index in [1.165, 1.54) is 11.8 Å². The van der Waals surface area contributed by atoms with E-state index in [4.69, 9.17) is 4.74 Å². The van der Waals surface area contributed by atoms with Crippen LogP contribution in [0.15, 0.2) is 72.4 Å². The van der Waals surface area contributed by atoms with Crippen molar-refractivity contribution in [3.8, 4) is 0 Å². The van der Waals surface area contributed by atoms with Gasteiger partial charge in [-0.05, 0) is 49.2 Å². The van der Waals surface area contributed by atoms with Crippen molar-refractivity contribution >= 4 is 35.2 Å². The highest BCUT2D eigenvalue weighted by Gasteiger charge is 2.26. The third-order valence-corrected chi connectivity index (χ3v) is 6.30. The molecule has 0 radical (unpaired) electrons. The smallest absolute Gasteiger partial charge is 0.338 e. The number of benzene rings is 2. The summed E-state index contributed by atoms with van der Waals surface area (Å²) in [6, 6.07) is 15.1. The summed E-state index contributed by atoms with van der Waals surface area (Å²) >= 11 is 1.24. The summed E-state index contributed by atoms with van der Waals surface area (Å²) < 4.78 is 6.83. The zero-order valence-electron chi connectivity index (χ0n) is 21.1. The number of allylic oxidation sites excluding steroid dienone is 1. The molecule has 194 valence electrons. The van der Waals surface area contributed by atoms with E-state index in [1.54, 1.807) is 49.4 Å². The number of aromatic nitrogens is 3. The molecule has 2 amide bonds. The highest BCUT2D eigenvalue weighted by molar-refractivity contribution is 7.99. The average Bonchev–Trinajstić information content (AvgIpc) is 3.29. The number of anilines is 1. The first-order valence-electron chi connectivity index (χ1n) is 11.9. The molecule has 0 saturated heterocycles. The Kier molecular flexibility index (Phi) is 10.0. The van der Waals surface area contributed by atoms with Gasteiger partial charge in [-0.25, -0.2) is 4.79 Å². The molecule has 0 spiro atoms. The van der Waals surface area contributed by atoms with Gasteiger partial charge in [0.2, 0.25) is 5.91 Å². The SMILES string of the molecule is C=CCn1c(SCC(=O)Nc2ccc(C(=O)OCC)cc2)nnc1[C@@H](NC(=O)c1ccccc1)C(C)C. The van der Waals surface area contributed by atoms with Crippen LogP contribution in [0.1, 0.15) is 53.4 Å². The van der Waals surface area contributed by atoms with Crippen molar-refractivity contribution < 1.29 is 19.1 Å². The molecule has 0 saturated carbocycles. The number of carbonyl (C=O) groups is 3. The zero-order valence-corrected chi connectivity index (χ0v) is 22.0. The van der Waals surface area contributed by atoms with Gasteiger partial charge >= 0.3 is 5.97 Å². The molecule has 37 heavy (non-hydrogen) atoms. The first kappa shape index (κ1) is 27.7. The van der Waals surface area contributed by atoms with Crippen LogP contribution < -0.4 is 10.6 Å². The number of rotatable bonds is 12. The van der Waals surface area contributed by atoms with Crippen molar-refractivity contribution in [1.29, 1.82) is 0 Å². The van der Waals surface area contributed by atoms with Gasteiger partial charge in [0.15, 0.2) is 11.0 Å². The minimum Gasteiger partial charge on any atom is -0.462 e. The van der Waals surface area contributed by atoms with Gasteiger partial charge in [-0.15, -0.1) is 16.8 Å². The molecular weight excluding hydrogens is 490 g/mol. The summed E-state index contributed by atoms with van der Waals surface area (Å²) in [5, 5.41) is 15.1. The molecule has 1 heterocycles. The quantitative estimate of drug-likeness (QED) is 0.205. The molecule has 0 fully saturated rings. The fourth-order valence-electron chi connectivity index (χ4n) is 3.51. The summed E-state index contributed by atoms with van der Waals surface area (Å²) in [5.74, 6) is -0.113. The van der Waals surface area contributed by atoms with Gasteiger partial charge in [0, 0.05) is 17.8 Å². The van der Waals surface area contributed by atoms with E-state index < -0.39 is 5.97 Å². The van der Waals surface area contributed by atoms with Gasteiger partial charge in [0.05, 0.1) is 24.0 Å². The van der Waals surface area contributed by atoms with Crippen LogP contribution in [-0.4, -0.2) is 44.9 Å². The summed E-state index contributed by atoms with van der Waals surface area (Å²) in [6.07, 6.45) is 1.72. The third-order valence-electron chi connectivity index (χ3n) is 5.34.